The molecule has 0 spiro atoms. The van der Waals surface area contributed by atoms with Crippen LogP contribution in [0.25, 0.3) is 10.8 Å². The van der Waals surface area contributed by atoms with E-state index in [9.17, 15) is 19.5 Å². The summed E-state index contributed by atoms with van der Waals surface area (Å²) in [4.78, 5) is 40.0. The standard InChI is InChI=1S/C21H18N2O7/c1-28-12-5-3-4-11(6-12)20(25)19-14-8-17(30-10-18(22)24)16(29-2)7-13(14)15(9-23-19)21(26)27/h3-9H,10H2,1-2H3,(H2,22,24)(H,26,27). The number of carboxylic acids is 1. The molecular weight excluding hydrogens is 392 g/mol. The molecule has 0 atom stereocenters. The number of hydrogen-bond acceptors (Lipinski definition) is 7. The fourth-order valence-corrected chi connectivity index (χ4v) is 2.92. The fraction of sp³-hybridized carbons (Fsp3) is 0.143. The number of aromatic nitrogens is 1. The van der Waals surface area contributed by atoms with Crippen LogP contribution < -0.4 is 19.9 Å². The Morgan fingerprint density at radius 3 is 2.40 bits per heavy atom. The van der Waals surface area contributed by atoms with E-state index in [1.807, 2.05) is 0 Å². The van der Waals surface area contributed by atoms with Gasteiger partial charge in [0.15, 0.2) is 18.1 Å². The van der Waals surface area contributed by atoms with Gasteiger partial charge in [-0.25, -0.2) is 4.79 Å². The van der Waals surface area contributed by atoms with Crippen molar-refractivity contribution < 1.29 is 33.7 Å². The first-order chi connectivity index (χ1) is 14.3. The Labute approximate surface area is 171 Å². The van der Waals surface area contributed by atoms with Gasteiger partial charge in [0.25, 0.3) is 5.91 Å². The van der Waals surface area contributed by atoms with Crippen LogP contribution in [0, 0.1) is 0 Å². The molecule has 0 unspecified atom stereocenters. The number of benzene rings is 2. The molecule has 1 aromatic heterocycles. The third kappa shape index (κ3) is 4.00. The quantitative estimate of drug-likeness (QED) is 0.538. The topological polar surface area (TPSA) is 138 Å². The molecule has 3 N–H and O–H groups in total. The molecule has 9 nitrogen and oxygen atoms in total. The van der Waals surface area contributed by atoms with Gasteiger partial charge in [0.2, 0.25) is 5.78 Å². The zero-order valence-electron chi connectivity index (χ0n) is 16.2. The second kappa shape index (κ2) is 8.48. The predicted molar refractivity (Wildman–Crippen MR) is 106 cm³/mol. The van der Waals surface area contributed by atoms with Crippen molar-refractivity contribution in [1.82, 2.24) is 4.98 Å². The molecule has 0 aliphatic carbocycles. The van der Waals surface area contributed by atoms with Gasteiger partial charge in [-0.15, -0.1) is 0 Å². The number of fused-ring (bicyclic) bond motifs is 1. The number of hydrogen-bond donors (Lipinski definition) is 2. The van der Waals surface area contributed by atoms with Crippen LogP contribution in [0.15, 0.2) is 42.6 Å². The highest BCUT2D eigenvalue weighted by atomic mass is 16.5. The molecule has 0 aliphatic heterocycles. The number of carbonyl (C=O) groups excluding carboxylic acids is 2. The molecule has 2 aromatic carbocycles. The normalized spacial score (nSPS) is 10.5. The highest BCUT2D eigenvalue weighted by Crippen LogP contribution is 2.35. The van der Waals surface area contributed by atoms with E-state index in [4.69, 9.17) is 19.9 Å². The van der Waals surface area contributed by atoms with E-state index in [1.54, 1.807) is 24.3 Å². The van der Waals surface area contributed by atoms with Crippen LogP contribution in [-0.4, -0.2) is 48.6 Å². The first-order valence-electron chi connectivity index (χ1n) is 8.69. The maximum Gasteiger partial charge on any atom is 0.337 e. The van der Waals surface area contributed by atoms with E-state index in [1.165, 1.54) is 26.4 Å². The zero-order valence-corrected chi connectivity index (χ0v) is 16.2. The van der Waals surface area contributed by atoms with Gasteiger partial charge in [-0.3, -0.25) is 14.6 Å². The summed E-state index contributed by atoms with van der Waals surface area (Å²) in [5, 5.41) is 9.99. The number of amides is 1. The van der Waals surface area contributed by atoms with Crippen LogP contribution in [0.2, 0.25) is 0 Å². The van der Waals surface area contributed by atoms with Gasteiger partial charge in [0.05, 0.1) is 19.8 Å². The molecule has 3 aromatic rings. The minimum Gasteiger partial charge on any atom is -0.497 e. The Hall–Kier alpha value is -4.14. The molecule has 0 bridgehead atoms. The van der Waals surface area contributed by atoms with Crippen LogP contribution in [0.5, 0.6) is 17.2 Å². The summed E-state index contributed by atoms with van der Waals surface area (Å²) in [5.74, 6) is -1.59. The third-order valence-corrected chi connectivity index (χ3v) is 4.32. The molecule has 0 radical (unpaired) electrons. The lowest BCUT2D eigenvalue weighted by atomic mass is 9.99. The molecule has 0 saturated heterocycles. The number of primary amides is 1. The van der Waals surface area contributed by atoms with Crippen molar-refractivity contribution in [3.63, 3.8) is 0 Å². The van der Waals surface area contributed by atoms with Gasteiger partial charge < -0.3 is 25.1 Å². The Morgan fingerprint density at radius 1 is 1.03 bits per heavy atom. The van der Waals surface area contributed by atoms with Crippen molar-refractivity contribution in [2.45, 2.75) is 0 Å². The van der Waals surface area contributed by atoms with Crippen LogP contribution in [-0.2, 0) is 4.79 Å². The number of nitrogens with two attached hydrogens (primary N) is 1. The van der Waals surface area contributed by atoms with Gasteiger partial charge in [-0.2, -0.15) is 0 Å². The van der Waals surface area contributed by atoms with Gasteiger partial charge in [0.1, 0.15) is 11.4 Å². The third-order valence-electron chi connectivity index (χ3n) is 4.32. The number of rotatable bonds is 8. The van der Waals surface area contributed by atoms with Crippen molar-refractivity contribution in [1.29, 1.82) is 0 Å². The number of nitrogens with zero attached hydrogens (tertiary/aromatic N) is 1. The van der Waals surface area contributed by atoms with Crippen LogP contribution in [0.3, 0.4) is 0 Å². The predicted octanol–water partition coefficient (Wildman–Crippen LogP) is 2.05. The SMILES string of the molecule is COc1cccc(C(=O)c2ncc(C(=O)O)c3cc(OC)c(OCC(N)=O)cc23)c1. The Bertz CT molecular complexity index is 1160. The molecule has 1 amide bonds. The van der Waals surface area contributed by atoms with Gasteiger partial charge in [-0.1, -0.05) is 12.1 Å². The van der Waals surface area contributed by atoms with Crippen molar-refractivity contribution >= 4 is 28.4 Å². The van der Waals surface area contributed by atoms with E-state index in [0.29, 0.717) is 11.3 Å². The van der Waals surface area contributed by atoms with Crippen molar-refractivity contribution in [3.05, 3.63) is 59.4 Å². The van der Waals surface area contributed by atoms with Gasteiger partial charge >= 0.3 is 5.97 Å². The number of aromatic carboxylic acids is 1. The van der Waals surface area contributed by atoms with E-state index in [-0.39, 0.29) is 33.5 Å². The van der Waals surface area contributed by atoms with Crippen molar-refractivity contribution in [2.24, 2.45) is 5.73 Å². The maximum absolute atomic E-state index is 13.1. The molecule has 154 valence electrons. The lowest BCUT2D eigenvalue weighted by Crippen LogP contribution is -2.20. The number of pyridine rings is 1. The van der Waals surface area contributed by atoms with Gasteiger partial charge in [0, 0.05) is 22.5 Å². The van der Waals surface area contributed by atoms with E-state index >= 15 is 0 Å². The fourth-order valence-electron chi connectivity index (χ4n) is 2.92. The summed E-state index contributed by atoms with van der Waals surface area (Å²) in [5.41, 5.74) is 5.33. The summed E-state index contributed by atoms with van der Waals surface area (Å²) in [6.45, 7) is -0.424. The molecule has 30 heavy (non-hydrogen) atoms. The first kappa shape index (κ1) is 20.6. The van der Waals surface area contributed by atoms with E-state index in [2.05, 4.69) is 4.98 Å². The molecule has 0 saturated carbocycles. The summed E-state index contributed by atoms with van der Waals surface area (Å²) in [6, 6.07) is 9.32. The second-order valence-electron chi connectivity index (χ2n) is 6.19. The molecular formula is C21H18N2O7. The smallest absolute Gasteiger partial charge is 0.337 e. The average molecular weight is 410 g/mol. The summed E-state index contributed by atoms with van der Waals surface area (Å²) in [7, 11) is 2.84. The summed E-state index contributed by atoms with van der Waals surface area (Å²) < 4.78 is 15.8. The molecule has 1 heterocycles. The highest BCUT2D eigenvalue weighted by molar-refractivity contribution is 6.18. The van der Waals surface area contributed by atoms with E-state index in [0.717, 1.165) is 6.20 Å². The van der Waals surface area contributed by atoms with Gasteiger partial charge in [-0.05, 0) is 24.3 Å². The average Bonchev–Trinajstić information content (AvgIpc) is 2.75. The summed E-state index contributed by atoms with van der Waals surface area (Å²) in [6.07, 6.45) is 1.11. The Balaban J connectivity index is 2.24. The molecule has 0 fully saturated rings. The minimum atomic E-state index is -1.22. The maximum atomic E-state index is 13.1. The number of methoxy groups -OCH3 is 2. The van der Waals surface area contributed by atoms with Crippen LogP contribution in [0.1, 0.15) is 26.4 Å². The number of carbonyl (C=O) groups is 3. The monoisotopic (exact) mass is 410 g/mol. The van der Waals surface area contributed by atoms with Crippen LogP contribution in [0.4, 0.5) is 0 Å². The lowest BCUT2D eigenvalue weighted by Gasteiger charge is -2.14. The first-order valence-corrected chi connectivity index (χ1v) is 8.69. The largest absolute Gasteiger partial charge is 0.497 e. The Kier molecular flexibility index (Phi) is 5.82. The minimum absolute atomic E-state index is 0.00910. The Morgan fingerprint density at radius 2 is 1.77 bits per heavy atom. The van der Waals surface area contributed by atoms with Crippen molar-refractivity contribution in [3.8, 4) is 17.2 Å². The second-order valence-corrected chi connectivity index (χ2v) is 6.19. The van der Waals surface area contributed by atoms with Crippen molar-refractivity contribution in [2.75, 3.05) is 20.8 Å². The highest BCUT2D eigenvalue weighted by Gasteiger charge is 2.22. The molecule has 3 rings (SSSR count). The lowest BCUT2D eigenvalue weighted by molar-refractivity contribution is -0.119. The molecule has 9 heteroatoms. The summed E-state index contributed by atoms with van der Waals surface area (Å²) >= 11 is 0. The molecule has 0 aliphatic rings. The van der Waals surface area contributed by atoms with Crippen LogP contribution >= 0.6 is 0 Å². The zero-order chi connectivity index (χ0) is 21.8. The number of ether oxygens (including phenoxy) is 3. The number of ketones is 1. The van der Waals surface area contributed by atoms with E-state index < -0.39 is 24.3 Å². The number of carboxylic acid groups (broad SMARTS) is 1.